The monoisotopic (exact) mass is 322 g/mol. The van der Waals surface area contributed by atoms with E-state index >= 15 is 0 Å². The topological polar surface area (TPSA) is 71.0 Å². The van der Waals surface area contributed by atoms with Gasteiger partial charge in [0.05, 0.1) is 12.7 Å². The number of amides is 1. The number of aliphatic hydroxyl groups excluding tert-OH is 1. The summed E-state index contributed by atoms with van der Waals surface area (Å²) in [5.41, 5.74) is 0.724. The van der Waals surface area contributed by atoms with Crippen molar-refractivity contribution in [1.82, 2.24) is 4.90 Å². The van der Waals surface area contributed by atoms with E-state index in [1.807, 2.05) is 6.92 Å². The summed E-state index contributed by atoms with van der Waals surface area (Å²) in [7, 11) is 0. The summed E-state index contributed by atoms with van der Waals surface area (Å²) in [5.74, 6) is 0.560. The molecule has 1 aromatic carbocycles. The number of carbonyl (C=O) groups is 1. The number of β-amino-alcohol motifs (C(OH)–C–C–N with tert-alkyl or cyclic N) is 1. The maximum absolute atomic E-state index is 11.0. The number of morpholine rings is 1. The van der Waals surface area contributed by atoms with E-state index < -0.39 is 6.10 Å². The number of hydrogen-bond donors (Lipinski definition) is 2. The maximum Gasteiger partial charge on any atom is 0.221 e. The van der Waals surface area contributed by atoms with Crippen LogP contribution in [0.15, 0.2) is 24.3 Å². The highest BCUT2D eigenvalue weighted by atomic mass is 16.5. The minimum Gasteiger partial charge on any atom is -0.491 e. The van der Waals surface area contributed by atoms with E-state index in [4.69, 9.17) is 9.47 Å². The van der Waals surface area contributed by atoms with Gasteiger partial charge in [-0.2, -0.15) is 0 Å². The van der Waals surface area contributed by atoms with Crippen LogP contribution in [0.25, 0.3) is 0 Å². The molecule has 1 amide bonds. The molecule has 1 aliphatic rings. The molecule has 2 N–H and O–H groups in total. The van der Waals surface area contributed by atoms with Crippen molar-refractivity contribution >= 4 is 11.6 Å². The molecule has 6 nitrogen and oxygen atoms in total. The zero-order chi connectivity index (χ0) is 16.8. The highest BCUT2D eigenvalue weighted by Crippen LogP contribution is 2.16. The van der Waals surface area contributed by atoms with Gasteiger partial charge >= 0.3 is 0 Å². The molecule has 0 radical (unpaired) electrons. The van der Waals surface area contributed by atoms with Crippen molar-refractivity contribution in [1.29, 1.82) is 0 Å². The standard InChI is InChI=1S/C17H26N2O4/c1-12-10-22-13(2)8-19(12)9-16(21)11-23-17-6-4-15(5-7-17)18-14(3)20/h4-7,12-13,16,21H,8-11H2,1-3H3,(H,18,20). The van der Waals surface area contributed by atoms with E-state index in [0.29, 0.717) is 24.9 Å². The summed E-state index contributed by atoms with van der Waals surface area (Å²) < 4.78 is 11.2. The number of nitrogens with zero attached hydrogens (tertiary/aromatic N) is 1. The van der Waals surface area contributed by atoms with Crippen LogP contribution >= 0.6 is 0 Å². The summed E-state index contributed by atoms with van der Waals surface area (Å²) in [6, 6.07) is 7.40. The lowest BCUT2D eigenvalue weighted by atomic mass is 10.2. The first-order chi connectivity index (χ1) is 10.9. The number of hydrogen-bond acceptors (Lipinski definition) is 5. The molecule has 0 spiro atoms. The fourth-order valence-corrected chi connectivity index (χ4v) is 2.58. The molecular weight excluding hydrogens is 296 g/mol. The Morgan fingerprint density at radius 3 is 2.78 bits per heavy atom. The van der Waals surface area contributed by atoms with Gasteiger partial charge in [0.25, 0.3) is 0 Å². The van der Waals surface area contributed by atoms with Crippen molar-refractivity contribution in [3.05, 3.63) is 24.3 Å². The third-order valence-corrected chi connectivity index (χ3v) is 3.80. The number of anilines is 1. The number of nitrogens with one attached hydrogen (secondary N) is 1. The van der Waals surface area contributed by atoms with Crippen LogP contribution in [0.1, 0.15) is 20.8 Å². The highest BCUT2D eigenvalue weighted by molar-refractivity contribution is 5.88. The fourth-order valence-electron chi connectivity index (χ4n) is 2.58. The van der Waals surface area contributed by atoms with Crippen LogP contribution in [0.5, 0.6) is 5.75 Å². The van der Waals surface area contributed by atoms with E-state index in [-0.39, 0.29) is 18.6 Å². The molecule has 0 saturated carbocycles. The van der Waals surface area contributed by atoms with Crippen molar-refractivity contribution in [3.63, 3.8) is 0 Å². The first kappa shape index (κ1) is 17.7. The Bertz CT molecular complexity index is 506. The molecule has 1 heterocycles. The van der Waals surface area contributed by atoms with Gasteiger partial charge in [0.2, 0.25) is 5.91 Å². The third kappa shape index (κ3) is 5.82. The van der Waals surface area contributed by atoms with Gasteiger partial charge in [-0.3, -0.25) is 9.69 Å². The molecule has 3 unspecified atom stereocenters. The Hall–Kier alpha value is -1.63. The molecule has 1 saturated heterocycles. The number of carbonyl (C=O) groups excluding carboxylic acids is 1. The van der Waals surface area contributed by atoms with Crippen molar-refractivity contribution in [2.45, 2.75) is 39.0 Å². The Balaban J connectivity index is 1.77. The van der Waals surface area contributed by atoms with Crippen LogP contribution in [-0.4, -0.2) is 60.5 Å². The normalized spacial score (nSPS) is 23.3. The third-order valence-electron chi connectivity index (χ3n) is 3.80. The lowest BCUT2D eigenvalue weighted by Crippen LogP contribution is -2.50. The van der Waals surface area contributed by atoms with E-state index in [2.05, 4.69) is 17.1 Å². The molecule has 0 bridgehead atoms. The number of aliphatic hydroxyl groups is 1. The van der Waals surface area contributed by atoms with Gasteiger partial charge in [0, 0.05) is 31.7 Å². The molecule has 128 valence electrons. The van der Waals surface area contributed by atoms with E-state index in [1.54, 1.807) is 24.3 Å². The van der Waals surface area contributed by atoms with Crippen molar-refractivity contribution in [2.24, 2.45) is 0 Å². The van der Waals surface area contributed by atoms with Crippen LogP contribution in [0.2, 0.25) is 0 Å². The quantitative estimate of drug-likeness (QED) is 0.830. The van der Waals surface area contributed by atoms with Crippen LogP contribution < -0.4 is 10.1 Å². The van der Waals surface area contributed by atoms with Gasteiger partial charge in [0.15, 0.2) is 0 Å². The molecule has 1 fully saturated rings. The van der Waals surface area contributed by atoms with Crippen LogP contribution in [0.3, 0.4) is 0 Å². The van der Waals surface area contributed by atoms with E-state index in [1.165, 1.54) is 6.92 Å². The smallest absolute Gasteiger partial charge is 0.221 e. The van der Waals surface area contributed by atoms with Crippen molar-refractivity contribution in [3.8, 4) is 5.75 Å². The average molecular weight is 322 g/mol. The van der Waals surface area contributed by atoms with Gasteiger partial charge < -0.3 is 19.9 Å². The molecule has 0 aromatic heterocycles. The summed E-state index contributed by atoms with van der Waals surface area (Å²) in [5, 5.41) is 12.9. The van der Waals surface area contributed by atoms with Gasteiger partial charge in [-0.15, -0.1) is 0 Å². The minimum atomic E-state index is -0.558. The molecule has 1 aromatic rings. The van der Waals surface area contributed by atoms with Crippen molar-refractivity contribution in [2.75, 3.05) is 31.6 Å². The predicted molar refractivity (Wildman–Crippen MR) is 88.7 cm³/mol. The SMILES string of the molecule is CC(=O)Nc1ccc(OCC(O)CN2CC(C)OCC2C)cc1. The molecule has 6 heteroatoms. The second-order valence-corrected chi connectivity index (χ2v) is 6.12. The van der Waals surface area contributed by atoms with Gasteiger partial charge in [-0.05, 0) is 38.1 Å². The highest BCUT2D eigenvalue weighted by Gasteiger charge is 2.25. The molecule has 2 rings (SSSR count). The number of rotatable bonds is 6. The molecule has 23 heavy (non-hydrogen) atoms. The first-order valence-corrected chi connectivity index (χ1v) is 7.98. The number of ether oxygens (including phenoxy) is 2. The van der Waals surface area contributed by atoms with Gasteiger partial charge in [-0.1, -0.05) is 0 Å². The zero-order valence-electron chi connectivity index (χ0n) is 14.0. The Morgan fingerprint density at radius 2 is 2.13 bits per heavy atom. The molecular formula is C17H26N2O4. The largest absolute Gasteiger partial charge is 0.491 e. The Kier molecular flexibility index (Phi) is 6.38. The van der Waals surface area contributed by atoms with Crippen molar-refractivity contribution < 1.29 is 19.4 Å². The average Bonchev–Trinajstić information content (AvgIpc) is 2.50. The van der Waals surface area contributed by atoms with Crippen LogP contribution in [0.4, 0.5) is 5.69 Å². The summed E-state index contributed by atoms with van der Waals surface area (Å²) in [6.07, 6.45) is -0.363. The summed E-state index contributed by atoms with van der Waals surface area (Å²) in [6.45, 7) is 7.92. The van der Waals surface area contributed by atoms with Gasteiger partial charge in [-0.25, -0.2) is 0 Å². The second-order valence-electron chi connectivity index (χ2n) is 6.12. The lowest BCUT2D eigenvalue weighted by Gasteiger charge is -2.37. The summed E-state index contributed by atoms with van der Waals surface area (Å²) in [4.78, 5) is 13.2. The number of benzene rings is 1. The zero-order valence-corrected chi connectivity index (χ0v) is 14.0. The van der Waals surface area contributed by atoms with E-state index in [9.17, 15) is 9.90 Å². The predicted octanol–water partition coefficient (Wildman–Crippen LogP) is 1.49. The minimum absolute atomic E-state index is 0.108. The lowest BCUT2D eigenvalue weighted by molar-refractivity contribution is -0.114. The Morgan fingerprint density at radius 1 is 1.43 bits per heavy atom. The van der Waals surface area contributed by atoms with Gasteiger partial charge in [0.1, 0.15) is 18.5 Å². The maximum atomic E-state index is 11.0. The van der Waals surface area contributed by atoms with Crippen LogP contribution in [0, 0.1) is 0 Å². The molecule has 1 aliphatic heterocycles. The summed E-state index contributed by atoms with van der Waals surface area (Å²) >= 11 is 0. The van der Waals surface area contributed by atoms with E-state index in [0.717, 1.165) is 12.2 Å². The first-order valence-electron chi connectivity index (χ1n) is 7.98. The molecule has 3 atom stereocenters. The van der Waals surface area contributed by atoms with Crippen LogP contribution in [-0.2, 0) is 9.53 Å². The Labute approximate surface area is 137 Å². The second kappa shape index (κ2) is 8.29. The molecule has 0 aliphatic carbocycles. The fraction of sp³-hybridized carbons (Fsp3) is 0.588.